The van der Waals surface area contributed by atoms with Crippen LogP contribution in [0.1, 0.15) is 45.4 Å². The first kappa shape index (κ1) is 25.1. The summed E-state index contributed by atoms with van der Waals surface area (Å²) in [5, 5.41) is 1.12. The first-order valence-electron chi connectivity index (χ1n) is 12.4. The smallest absolute Gasteiger partial charge is 0.240 e. The molecular formula is C28H38N2O2SSi. The van der Waals surface area contributed by atoms with E-state index in [4.69, 9.17) is 4.43 Å². The van der Waals surface area contributed by atoms with Crippen LogP contribution in [0.5, 0.6) is 0 Å². The van der Waals surface area contributed by atoms with Gasteiger partial charge in [0.25, 0.3) is 0 Å². The van der Waals surface area contributed by atoms with E-state index in [0.29, 0.717) is 6.61 Å². The largest absolute Gasteiger partial charge is 0.415 e. The highest BCUT2D eigenvalue weighted by Gasteiger charge is 2.39. The lowest BCUT2D eigenvalue weighted by molar-refractivity contribution is -0.130. The fourth-order valence-corrected chi connectivity index (χ4v) is 6.90. The average molecular weight is 495 g/mol. The number of para-hydroxylation sites is 1. The molecule has 0 aliphatic carbocycles. The summed E-state index contributed by atoms with van der Waals surface area (Å²) < 4.78 is 8.98. The van der Waals surface area contributed by atoms with Gasteiger partial charge in [-0.15, -0.1) is 11.8 Å². The number of nitrogens with zero attached hydrogens (tertiary/aromatic N) is 2. The van der Waals surface area contributed by atoms with E-state index in [-0.39, 0.29) is 16.2 Å². The van der Waals surface area contributed by atoms with Gasteiger partial charge in [-0.05, 0) is 44.1 Å². The van der Waals surface area contributed by atoms with Crippen molar-refractivity contribution in [1.29, 1.82) is 0 Å². The van der Waals surface area contributed by atoms with Crippen LogP contribution in [0.3, 0.4) is 0 Å². The van der Waals surface area contributed by atoms with Gasteiger partial charge in [-0.2, -0.15) is 0 Å². The summed E-state index contributed by atoms with van der Waals surface area (Å²) in [5.74, 6) is 0.200. The Morgan fingerprint density at radius 2 is 1.71 bits per heavy atom. The van der Waals surface area contributed by atoms with E-state index in [0.717, 1.165) is 25.2 Å². The Labute approximate surface area is 209 Å². The minimum Gasteiger partial charge on any atom is -0.415 e. The number of hydrogen-bond acceptors (Lipinski definition) is 3. The van der Waals surface area contributed by atoms with E-state index in [1.807, 2.05) is 4.90 Å². The van der Waals surface area contributed by atoms with Gasteiger partial charge in [0.1, 0.15) is 5.25 Å². The number of fused-ring (bicyclic) bond motifs is 5. The zero-order chi connectivity index (χ0) is 24.7. The SMILES string of the molecule is CCN(CC)C(=O)C1Sc2ccccc2-c2c1c1ccccc1n2CCO[Si](C)(C)C(C)(C)C. The molecule has 1 atom stereocenters. The number of carbonyl (C=O) groups excluding carboxylic acids is 1. The Kier molecular flexibility index (Phi) is 7.05. The van der Waals surface area contributed by atoms with Crippen LogP contribution in [0.25, 0.3) is 22.2 Å². The van der Waals surface area contributed by atoms with Gasteiger partial charge in [0.15, 0.2) is 8.32 Å². The normalized spacial score (nSPS) is 15.8. The summed E-state index contributed by atoms with van der Waals surface area (Å²) in [6.07, 6.45) is 0. The lowest BCUT2D eigenvalue weighted by Gasteiger charge is -2.36. The molecule has 2 aromatic carbocycles. The maximum absolute atomic E-state index is 13.7. The molecule has 0 spiro atoms. The quantitative estimate of drug-likeness (QED) is 0.322. The lowest BCUT2D eigenvalue weighted by atomic mass is 10.0. The molecule has 4 rings (SSSR count). The molecule has 0 radical (unpaired) electrons. The number of hydrogen-bond donors (Lipinski definition) is 0. The average Bonchev–Trinajstić information content (AvgIpc) is 3.13. The van der Waals surface area contributed by atoms with Gasteiger partial charge < -0.3 is 13.9 Å². The lowest BCUT2D eigenvalue weighted by Crippen LogP contribution is -2.41. The number of thioether (sulfide) groups is 1. The molecule has 0 fully saturated rings. The van der Waals surface area contributed by atoms with Crippen molar-refractivity contribution < 1.29 is 9.22 Å². The third kappa shape index (κ3) is 4.36. The van der Waals surface area contributed by atoms with E-state index in [1.165, 1.54) is 27.1 Å². The van der Waals surface area contributed by atoms with Crippen molar-refractivity contribution in [3.8, 4) is 11.3 Å². The topological polar surface area (TPSA) is 34.5 Å². The minimum absolute atomic E-state index is 0.176. The molecule has 34 heavy (non-hydrogen) atoms. The molecule has 0 saturated carbocycles. The predicted molar refractivity (Wildman–Crippen MR) is 147 cm³/mol. The highest BCUT2D eigenvalue weighted by molar-refractivity contribution is 8.00. The zero-order valence-electron chi connectivity index (χ0n) is 21.6. The zero-order valence-corrected chi connectivity index (χ0v) is 23.5. The van der Waals surface area contributed by atoms with Crippen molar-refractivity contribution in [2.24, 2.45) is 0 Å². The molecule has 0 N–H and O–H groups in total. The van der Waals surface area contributed by atoms with Crippen LogP contribution in [0.2, 0.25) is 18.1 Å². The Morgan fingerprint density at radius 3 is 2.38 bits per heavy atom. The third-order valence-electron chi connectivity index (χ3n) is 7.54. The molecule has 6 heteroatoms. The van der Waals surface area contributed by atoms with Gasteiger partial charge in [0.2, 0.25) is 5.91 Å². The number of likely N-dealkylation sites (N-methyl/N-ethyl adjacent to an activating group) is 1. The van der Waals surface area contributed by atoms with Gasteiger partial charge >= 0.3 is 0 Å². The van der Waals surface area contributed by atoms with E-state index < -0.39 is 8.32 Å². The van der Waals surface area contributed by atoms with Gasteiger partial charge in [-0.3, -0.25) is 4.79 Å². The fraction of sp³-hybridized carbons (Fsp3) is 0.464. The number of rotatable bonds is 7. The van der Waals surface area contributed by atoms with Crippen molar-refractivity contribution in [2.75, 3.05) is 19.7 Å². The molecule has 2 heterocycles. The molecule has 0 bridgehead atoms. The molecule has 0 saturated heterocycles. The predicted octanol–water partition coefficient (Wildman–Crippen LogP) is 7.35. The monoisotopic (exact) mass is 494 g/mol. The summed E-state index contributed by atoms with van der Waals surface area (Å²) in [6, 6.07) is 17.1. The van der Waals surface area contributed by atoms with Crippen molar-refractivity contribution >= 4 is 36.9 Å². The van der Waals surface area contributed by atoms with E-state index in [1.54, 1.807) is 11.8 Å². The number of benzene rings is 2. The Balaban J connectivity index is 1.84. The van der Waals surface area contributed by atoms with Crippen molar-refractivity contribution in [3.05, 3.63) is 54.1 Å². The third-order valence-corrected chi connectivity index (χ3v) is 13.4. The maximum atomic E-state index is 13.7. The van der Waals surface area contributed by atoms with Crippen LogP contribution in [0.4, 0.5) is 0 Å². The van der Waals surface area contributed by atoms with Crippen LogP contribution in [0.15, 0.2) is 53.4 Å². The second-order valence-electron chi connectivity index (χ2n) is 10.5. The summed E-state index contributed by atoms with van der Waals surface area (Å²) in [4.78, 5) is 16.9. The number of aromatic nitrogens is 1. The minimum atomic E-state index is -1.85. The Hall–Kier alpha value is -2.02. The second-order valence-corrected chi connectivity index (χ2v) is 16.5. The van der Waals surface area contributed by atoms with Crippen LogP contribution < -0.4 is 0 Å². The van der Waals surface area contributed by atoms with E-state index >= 15 is 0 Å². The summed E-state index contributed by atoms with van der Waals surface area (Å²) in [6.45, 7) is 18.5. The summed E-state index contributed by atoms with van der Waals surface area (Å²) >= 11 is 1.70. The molecule has 1 unspecified atom stereocenters. The second kappa shape index (κ2) is 9.55. The highest BCUT2D eigenvalue weighted by Crippen LogP contribution is 2.53. The number of amides is 1. The number of carbonyl (C=O) groups is 1. The maximum Gasteiger partial charge on any atom is 0.240 e. The molecular weight excluding hydrogens is 456 g/mol. The van der Waals surface area contributed by atoms with Gasteiger partial charge in [-0.1, -0.05) is 57.2 Å². The molecule has 3 aromatic rings. The van der Waals surface area contributed by atoms with E-state index in [2.05, 4.69) is 101 Å². The molecule has 1 aliphatic rings. The molecule has 1 aliphatic heterocycles. The molecule has 4 nitrogen and oxygen atoms in total. The van der Waals surface area contributed by atoms with Crippen LogP contribution >= 0.6 is 11.8 Å². The van der Waals surface area contributed by atoms with Crippen molar-refractivity contribution in [2.45, 2.75) is 69.4 Å². The summed E-state index contributed by atoms with van der Waals surface area (Å²) in [5.41, 5.74) is 4.74. The van der Waals surface area contributed by atoms with Crippen LogP contribution in [0, 0.1) is 0 Å². The molecule has 1 aromatic heterocycles. The van der Waals surface area contributed by atoms with Crippen molar-refractivity contribution in [3.63, 3.8) is 0 Å². The standard InChI is InChI=1S/C28H38N2O2SSi/c1-8-29(9-2)27(31)26-24-20-14-10-12-16-22(20)30(18-19-32-34(6,7)28(3,4)5)25(24)21-15-11-13-17-23(21)33-26/h10-17,26H,8-9,18-19H2,1-7H3. The van der Waals surface area contributed by atoms with Gasteiger partial charge in [0, 0.05) is 46.6 Å². The Bertz CT molecular complexity index is 1190. The fourth-order valence-electron chi connectivity index (χ4n) is 4.55. The Morgan fingerprint density at radius 1 is 1.06 bits per heavy atom. The first-order valence-corrected chi connectivity index (χ1v) is 16.2. The van der Waals surface area contributed by atoms with Crippen LogP contribution in [-0.4, -0.2) is 43.4 Å². The first-order chi connectivity index (χ1) is 16.1. The molecule has 1 amide bonds. The van der Waals surface area contributed by atoms with Gasteiger partial charge in [-0.25, -0.2) is 0 Å². The van der Waals surface area contributed by atoms with Crippen LogP contribution in [-0.2, 0) is 15.8 Å². The van der Waals surface area contributed by atoms with Crippen molar-refractivity contribution in [1.82, 2.24) is 9.47 Å². The summed E-state index contributed by atoms with van der Waals surface area (Å²) in [7, 11) is -1.85. The van der Waals surface area contributed by atoms with E-state index in [9.17, 15) is 4.79 Å². The molecule has 182 valence electrons. The van der Waals surface area contributed by atoms with Gasteiger partial charge in [0.05, 0.1) is 12.3 Å². The highest BCUT2D eigenvalue weighted by atomic mass is 32.2.